The average molecular weight is 258 g/mol. The van der Waals surface area contributed by atoms with E-state index in [9.17, 15) is 0 Å². The van der Waals surface area contributed by atoms with Crippen LogP contribution in [0.2, 0.25) is 5.02 Å². The van der Waals surface area contributed by atoms with Crippen molar-refractivity contribution in [3.8, 4) is 0 Å². The predicted octanol–water partition coefficient (Wildman–Crippen LogP) is 3.35. The van der Waals surface area contributed by atoms with E-state index in [1.807, 2.05) is 19.1 Å². The third kappa shape index (κ3) is 1.54. The Labute approximate surface area is 89.1 Å². The summed E-state index contributed by atoms with van der Waals surface area (Å²) in [6.45, 7) is 1.94. The lowest BCUT2D eigenvalue weighted by molar-refractivity contribution is 1.23. The van der Waals surface area contributed by atoms with Crippen molar-refractivity contribution in [2.75, 3.05) is 0 Å². The van der Waals surface area contributed by atoms with Crippen LogP contribution >= 0.6 is 27.5 Å². The first-order valence-corrected chi connectivity index (χ1v) is 4.93. The van der Waals surface area contributed by atoms with E-state index in [-0.39, 0.29) is 0 Å². The number of nitrogens with zero attached hydrogens (tertiary/aromatic N) is 2. The average Bonchev–Trinajstić information content (AvgIpc) is 2.12. The van der Waals surface area contributed by atoms with Gasteiger partial charge in [0.15, 0.2) is 0 Å². The highest BCUT2D eigenvalue weighted by molar-refractivity contribution is 9.10. The van der Waals surface area contributed by atoms with Crippen molar-refractivity contribution in [3.63, 3.8) is 0 Å². The molecule has 4 heteroatoms. The molecule has 0 fully saturated rings. The number of pyridine rings is 2. The van der Waals surface area contributed by atoms with Gasteiger partial charge in [-0.15, -0.1) is 0 Å². The third-order valence-electron chi connectivity index (χ3n) is 1.75. The molecule has 13 heavy (non-hydrogen) atoms. The molecule has 0 bridgehead atoms. The van der Waals surface area contributed by atoms with Crippen LogP contribution in [0.3, 0.4) is 0 Å². The molecule has 2 nitrogen and oxygen atoms in total. The van der Waals surface area contributed by atoms with Crippen molar-refractivity contribution >= 4 is 38.6 Å². The standard InChI is InChI=1S/C9H6BrClN2/c1-5-2-3-7-9(13-5)8(10)6(11)4-12-7/h2-4H,1H3. The predicted molar refractivity (Wildman–Crippen MR) is 57.0 cm³/mol. The smallest absolute Gasteiger partial charge is 0.105 e. The molecule has 0 N–H and O–H groups in total. The molecule has 0 saturated carbocycles. The fourth-order valence-electron chi connectivity index (χ4n) is 1.11. The Morgan fingerprint density at radius 3 is 2.92 bits per heavy atom. The number of aromatic nitrogens is 2. The molecule has 0 radical (unpaired) electrons. The van der Waals surface area contributed by atoms with Gasteiger partial charge in [0.25, 0.3) is 0 Å². The lowest BCUT2D eigenvalue weighted by Crippen LogP contribution is -1.87. The highest BCUT2D eigenvalue weighted by Crippen LogP contribution is 2.27. The Bertz CT molecular complexity index is 465. The summed E-state index contributed by atoms with van der Waals surface area (Å²) in [6.07, 6.45) is 1.62. The second kappa shape index (κ2) is 3.24. The number of rotatable bonds is 0. The van der Waals surface area contributed by atoms with Gasteiger partial charge in [-0.05, 0) is 35.0 Å². The summed E-state index contributed by atoms with van der Waals surface area (Å²) in [6, 6.07) is 3.86. The van der Waals surface area contributed by atoms with E-state index < -0.39 is 0 Å². The first-order chi connectivity index (χ1) is 6.18. The van der Waals surface area contributed by atoms with Gasteiger partial charge in [0, 0.05) is 11.9 Å². The van der Waals surface area contributed by atoms with E-state index in [0.29, 0.717) is 5.02 Å². The zero-order valence-corrected chi connectivity index (χ0v) is 9.22. The van der Waals surface area contributed by atoms with Crippen LogP contribution in [-0.2, 0) is 0 Å². The molecular formula is C9H6BrClN2. The van der Waals surface area contributed by atoms with Crippen LogP contribution in [0.4, 0.5) is 0 Å². The van der Waals surface area contributed by atoms with Crippen LogP contribution in [0.1, 0.15) is 5.69 Å². The molecule has 0 amide bonds. The van der Waals surface area contributed by atoms with Crippen molar-refractivity contribution in [2.24, 2.45) is 0 Å². The Kier molecular flexibility index (Phi) is 2.22. The van der Waals surface area contributed by atoms with E-state index in [2.05, 4.69) is 25.9 Å². The van der Waals surface area contributed by atoms with Gasteiger partial charge >= 0.3 is 0 Å². The molecule has 2 aromatic heterocycles. The van der Waals surface area contributed by atoms with Crippen LogP contribution in [0.15, 0.2) is 22.8 Å². The summed E-state index contributed by atoms with van der Waals surface area (Å²) in [5, 5.41) is 0.589. The number of hydrogen-bond acceptors (Lipinski definition) is 2. The summed E-state index contributed by atoms with van der Waals surface area (Å²) in [5.74, 6) is 0. The molecule has 0 aliphatic heterocycles. The van der Waals surface area contributed by atoms with Gasteiger partial charge in [0.2, 0.25) is 0 Å². The minimum Gasteiger partial charge on any atom is -0.253 e. The topological polar surface area (TPSA) is 25.8 Å². The van der Waals surface area contributed by atoms with Gasteiger partial charge in [-0.2, -0.15) is 0 Å². The quantitative estimate of drug-likeness (QED) is 0.723. The molecule has 0 atom stereocenters. The molecule has 0 aromatic carbocycles. The Balaban J connectivity index is 2.89. The summed E-state index contributed by atoms with van der Waals surface area (Å²) >= 11 is 9.27. The molecule has 2 rings (SSSR count). The molecule has 2 aromatic rings. The van der Waals surface area contributed by atoms with Crippen molar-refractivity contribution in [1.29, 1.82) is 0 Å². The molecule has 2 heterocycles. The number of halogens is 2. The molecule has 0 saturated heterocycles. The molecule has 0 spiro atoms. The maximum absolute atomic E-state index is 5.89. The molecule has 0 unspecified atom stereocenters. The van der Waals surface area contributed by atoms with Gasteiger partial charge < -0.3 is 0 Å². The number of hydrogen-bond donors (Lipinski definition) is 0. The van der Waals surface area contributed by atoms with E-state index in [1.54, 1.807) is 6.20 Å². The van der Waals surface area contributed by atoms with Crippen LogP contribution in [0, 0.1) is 6.92 Å². The Hall–Kier alpha value is -0.670. The second-order valence-corrected chi connectivity index (χ2v) is 3.94. The minimum atomic E-state index is 0.589. The van der Waals surface area contributed by atoms with E-state index in [4.69, 9.17) is 11.6 Å². The largest absolute Gasteiger partial charge is 0.253 e. The number of aryl methyl sites for hydroxylation is 1. The Morgan fingerprint density at radius 2 is 2.15 bits per heavy atom. The maximum atomic E-state index is 5.89. The summed E-state index contributed by atoms with van der Waals surface area (Å²) in [4.78, 5) is 8.50. The van der Waals surface area contributed by atoms with Gasteiger partial charge in [0.1, 0.15) is 5.52 Å². The fraction of sp³-hybridized carbons (Fsp3) is 0.111. The first kappa shape index (κ1) is 8.91. The zero-order chi connectivity index (χ0) is 9.42. The summed E-state index contributed by atoms with van der Waals surface area (Å²) < 4.78 is 0.808. The highest BCUT2D eigenvalue weighted by Gasteiger charge is 2.05. The van der Waals surface area contributed by atoms with Gasteiger partial charge in [0.05, 0.1) is 15.0 Å². The van der Waals surface area contributed by atoms with E-state index >= 15 is 0 Å². The first-order valence-electron chi connectivity index (χ1n) is 3.76. The second-order valence-electron chi connectivity index (χ2n) is 2.74. The van der Waals surface area contributed by atoms with E-state index in [1.165, 1.54) is 0 Å². The van der Waals surface area contributed by atoms with E-state index in [0.717, 1.165) is 21.2 Å². The lowest BCUT2D eigenvalue weighted by Gasteiger charge is -2.01. The third-order valence-corrected chi connectivity index (χ3v) is 3.07. The van der Waals surface area contributed by atoms with Crippen LogP contribution < -0.4 is 0 Å². The van der Waals surface area contributed by atoms with Crippen molar-refractivity contribution in [1.82, 2.24) is 9.97 Å². The van der Waals surface area contributed by atoms with Gasteiger partial charge in [-0.1, -0.05) is 11.6 Å². The van der Waals surface area contributed by atoms with Crippen LogP contribution in [-0.4, -0.2) is 9.97 Å². The van der Waals surface area contributed by atoms with Crippen molar-refractivity contribution in [3.05, 3.63) is 33.5 Å². The maximum Gasteiger partial charge on any atom is 0.105 e. The number of fused-ring (bicyclic) bond motifs is 1. The lowest BCUT2D eigenvalue weighted by atomic mass is 10.3. The van der Waals surface area contributed by atoms with Crippen molar-refractivity contribution < 1.29 is 0 Å². The highest BCUT2D eigenvalue weighted by atomic mass is 79.9. The normalized spacial score (nSPS) is 10.7. The summed E-state index contributed by atoms with van der Waals surface area (Å²) in [7, 11) is 0. The van der Waals surface area contributed by atoms with Gasteiger partial charge in [-0.3, -0.25) is 9.97 Å². The van der Waals surface area contributed by atoms with Crippen LogP contribution in [0.25, 0.3) is 11.0 Å². The molecule has 0 aliphatic rings. The fourth-order valence-corrected chi connectivity index (χ4v) is 1.64. The molecule has 0 aliphatic carbocycles. The Morgan fingerprint density at radius 1 is 1.38 bits per heavy atom. The SMILES string of the molecule is Cc1ccc2ncc(Cl)c(Br)c2n1. The van der Waals surface area contributed by atoms with Crippen molar-refractivity contribution in [2.45, 2.75) is 6.92 Å². The molecule has 66 valence electrons. The minimum absolute atomic E-state index is 0.589. The van der Waals surface area contributed by atoms with Crippen LogP contribution in [0.5, 0.6) is 0 Å². The summed E-state index contributed by atoms with van der Waals surface area (Å²) in [5.41, 5.74) is 2.62. The zero-order valence-electron chi connectivity index (χ0n) is 6.88. The monoisotopic (exact) mass is 256 g/mol. The van der Waals surface area contributed by atoms with Gasteiger partial charge in [-0.25, -0.2) is 0 Å². The molecular weight excluding hydrogens is 251 g/mol.